The van der Waals surface area contributed by atoms with E-state index in [9.17, 15) is 13.2 Å². The number of hydrogen-bond donors (Lipinski definition) is 2. The molecule has 1 aromatic heterocycles. The molecule has 1 heterocycles. The lowest BCUT2D eigenvalue weighted by atomic mass is 10.1. The summed E-state index contributed by atoms with van der Waals surface area (Å²) in [5.41, 5.74) is 1.91. The Morgan fingerprint density at radius 3 is 2.34 bits per heavy atom. The summed E-state index contributed by atoms with van der Waals surface area (Å²) < 4.78 is 41.9. The number of nitrogens with zero attached hydrogens (tertiary/aromatic N) is 1. The number of sulfonamides is 1. The summed E-state index contributed by atoms with van der Waals surface area (Å²) in [6.45, 7) is 1.94. The summed E-state index contributed by atoms with van der Waals surface area (Å²) in [5.74, 6) is 0.110. The van der Waals surface area contributed by atoms with Gasteiger partial charge < -0.3 is 19.2 Å². The second-order valence-electron chi connectivity index (χ2n) is 7.55. The van der Waals surface area contributed by atoms with Gasteiger partial charge in [-0.05, 0) is 43.3 Å². The van der Waals surface area contributed by atoms with Crippen LogP contribution in [0.1, 0.15) is 15.9 Å². The zero-order valence-corrected chi connectivity index (χ0v) is 20.0. The van der Waals surface area contributed by atoms with E-state index in [2.05, 4.69) is 15.2 Å². The average molecular weight is 494 g/mol. The van der Waals surface area contributed by atoms with Gasteiger partial charge in [0, 0.05) is 17.1 Å². The first-order valence-corrected chi connectivity index (χ1v) is 12.0. The van der Waals surface area contributed by atoms with Crippen LogP contribution < -0.4 is 25.2 Å². The molecule has 10 heteroatoms. The Morgan fingerprint density at radius 1 is 0.914 bits per heavy atom. The smallest absolute Gasteiger partial charge is 0.276 e. The standard InChI is InChI=1S/C25H23N3O6S/c1-16-8-10-18(11-9-16)26-24(29)20-14-17-6-4-5-7-21(17)34-25(20)27-28-35(30,31)19-12-13-22(32-2)23(15-19)33-3/h4-15,28H,1-3H3,(H,26,29)/b27-25-. The fourth-order valence-electron chi connectivity index (χ4n) is 3.29. The third-order valence-electron chi connectivity index (χ3n) is 5.14. The monoisotopic (exact) mass is 493 g/mol. The number of fused-ring (bicyclic) bond motifs is 1. The summed E-state index contributed by atoms with van der Waals surface area (Å²) in [7, 11) is -1.27. The van der Waals surface area contributed by atoms with E-state index in [1.807, 2.05) is 19.1 Å². The molecule has 9 nitrogen and oxygen atoms in total. The van der Waals surface area contributed by atoms with E-state index in [-0.39, 0.29) is 21.8 Å². The molecule has 2 N–H and O–H groups in total. The molecule has 0 unspecified atom stereocenters. The van der Waals surface area contributed by atoms with Gasteiger partial charge in [-0.25, -0.2) is 0 Å². The van der Waals surface area contributed by atoms with Crippen LogP contribution in [-0.4, -0.2) is 28.5 Å². The molecule has 3 aromatic carbocycles. The first-order chi connectivity index (χ1) is 16.8. The molecule has 0 radical (unpaired) electrons. The number of hydrogen-bond acceptors (Lipinski definition) is 7. The van der Waals surface area contributed by atoms with Gasteiger partial charge >= 0.3 is 0 Å². The molecule has 1 amide bonds. The highest BCUT2D eigenvalue weighted by Gasteiger charge is 2.18. The lowest BCUT2D eigenvalue weighted by Gasteiger charge is -2.10. The minimum Gasteiger partial charge on any atom is -0.493 e. The molecular formula is C25H23N3O6S. The molecule has 4 rings (SSSR count). The molecule has 0 bridgehead atoms. The van der Waals surface area contributed by atoms with Gasteiger partial charge in [-0.3, -0.25) is 4.79 Å². The van der Waals surface area contributed by atoms with Crippen LogP contribution in [0.3, 0.4) is 0 Å². The molecule has 0 spiro atoms. The minimum atomic E-state index is -4.12. The molecule has 180 valence electrons. The van der Waals surface area contributed by atoms with E-state index in [0.29, 0.717) is 22.4 Å². The van der Waals surface area contributed by atoms with Crippen molar-refractivity contribution in [2.75, 3.05) is 19.5 Å². The number of amides is 1. The Hall–Kier alpha value is -4.31. The quantitative estimate of drug-likeness (QED) is 0.378. The second kappa shape index (κ2) is 9.90. The van der Waals surface area contributed by atoms with Crippen LogP contribution >= 0.6 is 0 Å². The maximum absolute atomic E-state index is 13.1. The number of rotatable bonds is 7. The topological polar surface area (TPSA) is 119 Å². The van der Waals surface area contributed by atoms with E-state index in [0.717, 1.165) is 5.56 Å². The summed E-state index contributed by atoms with van der Waals surface area (Å²) in [6.07, 6.45) is 0. The third-order valence-corrected chi connectivity index (χ3v) is 6.35. The second-order valence-corrected chi connectivity index (χ2v) is 9.21. The lowest BCUT2D eigenvalue weighted by Crippen LogP contribution is -2.27. The van der Waals surface area contributed by atoms with Crippen molar-refractivity contribution in [2.24, 2.45) is 5.10 Å². The summed E-state index contributed by atoms with van der Waals surface area (Å²) in [5, 5.41) is 7.38. The van der Waals surface area contributed by atoms with Gasteiger partial charge in [0.05, 0.1) is 19.1 Å². The van der Waals surface area contributed by atoms with Crippen molar-refractivity contribution in [3.8, 4) is 11.5 Å². The molecule has 0 aliphatic carbocycles. The van der Waals surface area contributed by atoms with Crippen molar-refractivity contribution >= 4 is 32.6 Å². The fourth-order valence-corrected chi connectivity index (χ4v) is 4.11. The first-order valence-electron chi connectivity index (χ1n) is 10.5. The van der Waals surface area contributed by atoms with E-state index in [1.54, 1.807) is 42.5 Å². The number of ether oxygens (including phenoxy) is 2. The fraction of sp³-hybridized carbons (Fsp3) is 0.120. The Morgan fingerprint density at radius 2 is 1.63 bits per heavy atom. The van der Waals surface area contributed by atoms with E-state index in [4.69, 9.17) is 13.9 Å². The molecule has 0 aliphatic heterocycles. The van der Waals surface area contributed by atoms with Gasteiger partial charge in [0.15, 0.2) is 11.5 Å². The molecular weight excluding hydrogens is 470 g/mol. The normalized spacial score (nSPS) is 11.8. The number of nitrogens with one attached hydrogen (secondary N) is 2. The number of carbonyl (C=O) groups excluding carboxylic acids is 1. The molecule has 0 atom stereocenters. The molecule has 4 aromatic rings. The molecule has 35 heavy (non-hydrogen) atoms. The van der Waals surface area contributed by atoms with E-state index in [1.165, 1.54) is 32.4 Å². The highest BCUT2D eigenvalue weighted by molar-refractivity contribution is 7.89. The van der Waals surface area contributed by atoms with Crippen LogP contribution in [0.2, 0.25) is 0 Å². The molecule has 0 fully saturated rings. The largest absolute Gasteiger partial charge is 0.493 e. The number of aryl methyl sites for hydroxylation is 1. The van der Waals surface area contributed by atoms with Crippen LogP contribution in [0, 0.1) is 6.92 Å². The lowest BCUT2D eigenvalue weighted by molar-refractivity contribution is 0.102. The SMILES string of the molecule is COc1ccc(S(=O)(=O)N/N=c2\oc3ccccc3cc2C(=O)Nc2ccc(C)cc2)cc1OC. The maximum atomic E-state index is 13.1. The van der Waals surface area contributed by atoms with Crippen molar-refractivity contribution in [3.05, 3.63) is 89.5 Å². The van der Waals surface area contributed by atoms with Crippen molar-refractivity contribution in [1.82, 2.24) is 4.83 Å². The Labute approximate surface area is 202 Å². The summed E-state index contributed by atoms with van der Waals surface area (Å²) in [6, 6.07) is 20.0. The highest BCUT2D eigenvalue weighted by atomic mass is 32.2. The van der Waals surface area contributed by atoms with E-state index < -0.39 is 15.9 Å². The van der Waals surface area contributed by atoms with Gasteiger partial charge in [-0.15, -0.1) is 5.10 Å². The van der Waals surface area contributed by atoms with Crippen LogP contribution in [0.25, 0.3) is 11.0 Å². The zero-order valence-electron chi connectivity index (χ0n) is 19.2. The Kier molecular flexibility index (Phi) is 6.74. The maximum Gasteiger partial charge on any atom is 0.276 e. The first kappa shape index (κ1) is 23.8. The number of para-hydroxylation sites is 1. The van der Waals surface area contributed by atoms with E-state index >= 15 is 0 Å². The molecule has 0 saturated heterocycles. The van der Waals surface area contributed by atoms with Crippen LogP contribution in [0.4, 0.5) is 5.69 Å². The average Bonchev–Trinajstić information content (AvgIpc) is 2.87. The number of anilines is 1. The van der Waals surface area contributed by atoms with Crippen molar-refractivity contribution < 1.29 is 27.1 Å². The highest BCUT2D eigenvalue weighted by Crippen LogP contribution is 2.29. The predicted octanol–water partition coefficient (Wildman–Crippen LogP) is 3.80. The number of benzene rings is 3. The Balaban J connectivity index is 1.73. The number of methoxy groups -OCH3 is 2. The van der Waals surface area contributed by atoms with Gasteiger partial charge in [-0.1, -0.05) is 35.9 Å². The van der Waals surface area contributed by atoms with Crippen molar-refractivity contribution in [2.45, 2.75) is 11.8 Å². The van der Waals surface area contributed by atoms with Crippen LogP contribution in [-0.2, 0) is 10.0 Å². The van der Waals surface area contributed by atoms with Gasteiger partial charge in [0.1, 0.15) is 11.1 Å². The van der Waals surface area contributed by atoms with Gasteiger partial charge in [0.25, 0.3) is 15.9 Å². The third kappa shape index (κ3) is 5.28. The molecule has 0 aliphatic rings. The van der Waals surface area contributed by atoms with Crippen LogP contribution in [0.15, 0.2) is 87.2 Å². The van der Waals surface area contributed by atoms with Gasteiger partial charge in [0.2, 0.25) is 5.55 Å². The minimum absolute atomic E-state index is 0.0549. The summed E-state index contributed by atoms with van der Waals surface area (Å²) in [4.78, 5) is 15.1. The zero-order chi connectivity index (χ0) is 25.0. The Bertz CT molecular complexity index is 1560. The number of carbonyl (C=O) groups is 1. The summed E-state index contributed by atoms with van der Waals surface area (Å²) >= 11 is 0. The predicted molar refractivity (Wildman–Crippen MR) is 131 cm³/mol. The van der Waals surface area contributed by atoms with Crippen LogP contribution in [0.5, 0.6) is 11.5 Å². The molecule has 0 saturated carbocycles. The van der Waals surface area contributed by atoms with Gasteiger partial charge in [-0.2, -0.15) is 13.2 Å². The van der Waals surface area contributed by atoms with Crippen molar-refractivity contribution in [3.63, 3.8) is 0 Å². The van der Waals surface area contributed by atoms with Crippen molar-refractivity contribution in [1.29, 1.82) is 0 Å².